The summed E-state index contributed by atoms with van der Waals surface area (Å²) in [6.07, 6.45) is 6.07. The average Bonchev–Trinajstić information content (AvgIpc) is 3.68. The van der Waals surface area contributed by atoms with E-state index in [4.69, 9.17) is 4.84 Å². The molecule has 0 bridgehead atoms. The van der Waals surface area contributed by atoms with Gasteiger partial charge in [0.2, 0.25) is 11.6 Å². The Labute approximate surface area is 370 Å². The molecule has 21 nitrogen and oxygen atoms in total. The Bertz CT molecular complexity index is 2830. The van der Waals surface area contributed by atoms with E-state index in [0.29, 0.717) is 33.9 Å². The summed E-state index contributed by atoms with van der Waals surface area (Å²) in [5.74, 6) is -3.65. The number of nitrogens with one attached hydrogen (secondary N) is 1. The van der Waals surface area contributed by atoms with E-state index in [9.17, 15) is 71.1 Å². The molecule has 1 unspecified atom stereocenters. The quantitative estimate of drug-likeness (QED) is 0.0722. The largest absolute Gasteiger partial charge is 0.748 e. The zero-order valence-electron chi connectivity index (χ0n) is 34.7. The van der Waals surface area contributed by atoms with Crippen molar-refractivity contribution in [2.75, 3.05) is 29.5 Å². The monoisotopic (exact) mass is 970 g/mol. The highest BCUT2D eigenvalue weighted by atomic mass is 32.2. The van der Waals surface area contributed by atoms with Crippen molar-refractivity contribution < 1.29 is 80.5 Å². The van der Waals surface area contributed by atoms with Crippen molar-refractivity contribution in [3.05, 3.63) is 83.6 Å². The Hall–Kier alpha value is -5.15. The van der Waals surface area contributed by atoms with Crippen molar-refractivity contribution in [2.45, 2.75) is 86.3 Å². The number of imide groups is 2. The summed E-state index contributed by atoms with van der Waals surface area (Å²) in [7, 11) is -18.3. The fraction of sp³-hybridized carbons (Fsp3) is 0.410. The number of hydrogen-bond acceptors (Lipinski definition) is 15. The van der Waals surface area contributed by atoms with E-state index in [1.54, 1.807) is 60.6 Å². The molecule has 0 saturated carbocycles. The van der Waals surface area contributed by atoms with Crippen molar-refractivity contribution in [1.82, 2.24) is 10.4 Å². The van der Waals surface area contributed by atoms with Crippen LogP contribution in [0.15, 0.2) is 82.3 Å². The first-order chi connectivity index (χ1) is 29.5. The van der Waals surface area contributed by atoms with Gasteiger partial charge in [-0.2, -0.15) is 29.8 Å². The van der Waals surface area contributed by atoms with Gasteiger partial charge in [0.15, 0.2) is 5.71 Å². The lowest BCUT2D eigenvalue weighted by Crippen LogP contribution is -2.39. The maximum atomic E-state index is 12.8. The van der Waals surface area contributed by atoms with Crippen molar-refractivity contribution in [3.63, 3.8) is 0 Å². The van der Waals surface area contributed by atoms with E-state index < -0.39 is 91.5 Å². The Morgan fingerprint density at radius 2 is 1.44 bits per heavy atom. The van der Waals surface area contributed by atoms with Gasteiger partial charge in [0.1, 0.15) is 6.54 Å². The number of anilines is 1. The van der Waals surface area contributed by atoms with Crippen LogP contribution in [-0.4, -0.2) is 116 Å². The number of nitrogens with zero attached hydrogens (tertiary/aromatic N) is 3. The standard InChI is InChI=1S/C39H46N4O17S4/c1-38(2)28-24-26(63(54,55)56)13-15-30(28)41(20-8-22-61(48,49)50)32(38)10-5-4-6-11-33-39(3,19-7-12-34(44)40-37(47)60-43-35(45)17-18-36(43)46)29-25-27(64(57,58)59)14-16-31(29)42(33)21-9-23-62(51,52)53/h4-6,10-11,13-16,24-25H,7-9,12,17-23H2,1-3H3,(H4-,40,44,47,48,49,50,51,52,53,54,55,56,57,58,59). The summed E-state index contributed by atoms with van der Waals surface area (Å²) >= 11 is 0. The van der Waals surface area contributed by atoms with Crippen LogP contribution in [-0.2, 0) is 70.5 Å². The summed E-state index contributed by atoms with van der Waals surface area (Å²) < 4.78 is 137. The number of hydrogen-bond donors (Lipinski definition) is 4. The number of allylic oxidation sites excluding steroid dienone is 6. The van der Waals surface area contributed by atoms with Gasteiger partial charge in [0.05, 0.1) is 31.1 Å². The van der Waals surface area contributed by atoms with Crippen molar-refractivity contribution in [3.8, 4) is 0 Å². The van der Waals surface area contributed by atoms with E-state index in [1.165, 1.54) is 30.3 Å². The van der Waals surface area contributed by atoms with Crippen LogP contribution >= 0.6 is 0 Å². The summed E-state index contributed by atoms with van der Waals surface area (Å²) in [6.45, 7) is 5.30. The normalized spacial score (nSPS) is 19.6. The number of benzene rings is 2. The van der Waals surface area contributed by atoms with Crippen molar-refractivity contribution in [1.29, 1.82) is 0 Å². The SMILES string of the molecule is CC1(C)C(/C=C/C=C/C=C2/N(CCCS(=O)(=O)O)c3ccc(S(=O)(=O)O)cc3C2(C)CCCC(=O)NC(=O)ON2C(=O)CCC2=O)=[N+](CCCS(=O)(=O)[O-])c2ccc(S(=O)(=O)O)cc21. The third-order valence-electron chi connectivity index (χ3n) is 11.0. The maximum Gasteiger partial charge on any atom is 0.438 e. The smallest absolute Gasteiger partial charge is 0.438 e. The first-order valence-corrected chi connectivity index (χ1v) is 25.6. The fourth-order valence-corrected chi connectivity index (χ4v) is 9.95. The second-order valence-corrected chi connectivity index (χ2v) is 21.8. The number of rotatable bonds is 18. The molecule has 2 aromatic rings. The van der Waals surface area contributed by atoms with Crippen LogP contribution in [0, 0.1) is 0 Å². The Morgan fingerprint density at radius 3 is 2.03 bits per heavy atom. The minimum absolute atomic E-state index is 0.0205. The van der Waals surface area contributed by atoms with Gasteiger partial charge in [-0.15, -0.1) is 5.06 Å². The highest BCUT2D eigenvalue weighted by Gasteiger charge is 2.46. The third-order valence-corrected chi connectivity index (χ3v) is 14.3. The zero-order valence-corrected chi connectivity index (χ0v) is 37.9. The molecule has 1 fully saturated rings. The third kappa shape index (κ3) is 11.7. The number of carbonyl (C=O) groups excluding carboxylic acids is 4. The van der Waals surface area contributed by atoms with Crippen LogP contribution in [0.3, 0.4) is 0 Å². The molecule has 4 amide bonds. The van der Waals surface area contributed by atoms with Crippen LogP contribution in [0.25, 0.3) is 0 Å². The highest BCUT2D eigenvalue weighted by molar-refractivity contribution is 7.86. The van der Waals surface area contributed by atoms with Gasteiger partial charge in [-0.3, -0.25) is 33.4 Å². The van der Waals surface area contributed by atoms with Crippen molar-refractivity contribution >= 4 is 81.4 Å². The Kier molecular flexibility index (Phi) is 14.6. The lowest BCUT2D eigenvalue weighted by atomic mass is 9.77. The van der Waals surface area contributed by atoms with E-state index in [0.717, 1.165) is 6.07 Å². The van der Waals surface area contributed by atoms with E-state index >= 15 is 0 Å². The second kappa shape index (κ2) is 18.8. The highest BCUT2D eigenvalue weighted by Crippen LogP contribution is 2.51. The molecule has 64 heavy (non-hydrogen) atoms. The van der Waals surface area contributed by atoms with Gasteiger partial charge < -0.3 is 14.3 Å². The molecule has 3 aliphatic rings. The van der Waals surface area contributed by atoms with Crippen molar-refractivity contribution in [2.24, 2.45) is 0 Å². The van der Waals surface area contributed by atoms with Gasteiger partial charge >= 0.3 is 6.09 Å². The van der Waals surface area contributed by atoms with Crippen LogP contribution in [0.1, 0.15) is 76.8 Å². The van der Waals surface area contributed by atoms with Gasteiger partial charge in [0.25, 0.3) is 42.2 Å². The van der Waals surface area contributed by atoms with Gasteiger partial charge in [-0.25, -0.2) is 13.2 Å². The molecule has 0 radical (unpaired) electrons. The molecule has 0 spiro atoms. The van der Waals surface area contributed by atoms with Crippen LogP contribution in [0.4, 0.5) is 16.2 Å². The zero-order chi connectivity index (χ0) is 47.6. The summed E-state index contributed by atoms with van der Waals surface area (Å²) in [5, 5.41) is 2.20. The van der Waals surface area contributed by atoms with E-state index in [1.807, 2.05) is 5.32 Å². The van der Waals surface area contributed by atoms with E-state index in [-0.39, 0.29) is 68.0 Å². The Morgan fingerprint density at radius 1 is 0.828 bits per heavy atom. The predicted octanol–water partition coefficient (Wildman–Crippen LogP) is 3.03. The lowest BCUT2D eigenvalue weighted by Gasteiger charge is -2.30. The molecule has 5 rings (SSSR count). The Balaban J connectivity index is 1.49. The predicted molar refractivity (Wildman–Crippen MR) is 226 cm³/mol. The molecule has 3 aliphatic heterocycles. The molecule has 348 valence electrons. The molecule has 4 N–H and O–H groups in total. The van der Waals surface area contributed by atoms with Crippen LogP contribution < -0.4 is 10.2 Å². The number of fused-ring (bicyclic) bond motifs is 2. The average molecular weight is 971 g/mol. The molecule has 2 aromatic carbocycles. The molecule has 25 heteroatoms. The number of hydroxylamine groups is 2. The fourth-order valence-electron chi connectivity index (χ4n) is 7.96. The second-order valence-electron chi connectivity index (χ2n) is 15.9. The molecular formula is C39H46N4O17S4. The van der Waals surface area contributed by atoms with Crippen LogP contribution in [0.2, 0.25) is 0 Å². The van der Waals surface area contributed by atoms with Gasteiger partial charge in [-0.05, 0) is 82.0 Å². The number of carbonyl (C=O) groups is 4. The van der Waals surface area contributed by atoms with Crippen LogP contribution in [0.5, 0.6) is 0 Å². The molecule has 1 saturated heterocycles. The number of amides is 4. The lowest BCUT2D eigenvalue weighted by molar-refractivity contribution is -0.437. The first-order valence-electron chi connectivity index (χ1n) is 19.5. The summed E-state index contributed by atoms with van der Waals surface area (Å²) in [4.78, 5) is 54.3. The molecule has 3 heterocycles. The molecule has 1 atom stereocenters. The van der Waals surface area contributed by atoms with Gasteiger partial charge in [-0.1, -0.05) is 18.2 Å². The molecule has 0 aliphatic carbocycles. The summed E-state index contributed by atoms with van der Waals surface area (Å²) in [6, 6.07) is 7.76. The first kappa shape index (κ1) is 49.9. The summed E-state index contributed by atoms with van der Waals surface area (Å²) in [5.41, 5.74) is 0.708. The minimum atomic E-state index is -4.74. The maximum absolute atomic E-state index is 12.8. The topological polar surface area (TPSA) is 319 Å². The van der Waals surface area contributed by atoms with Gasteiger partial charge in [0, 0.05) is 72.5 Å². The molecular weight excluding hydrogens is 925 g/mol. The minimum Gasteiger partial charge on any atom is -0.748 e. The molecule has 0 aromatic heterocycles. The van der Waals surface area contributed by atoms with E-state index in [2.05, 4.69) is 0 Å².